The van der Waals surface area contributed by atoms with Gasteiger partial charge in [-0.2, -0.15) is 0 Å². The molecule has 0 unspecified atom stereocenters. The molecule has 48 valence electrons. The van der Waals surface area contributed by atoms with Gasteiger partial charge in [0.1, 0.15) is 0 Å². The summed E-state index contributed by atoms with van der Waals surface area (Å²) in [6.07, 6.45) is -2.33. The van der Waals surface area contributed by atoms with Crippen molar-refractivity contribution in [2.45, 2.75) is 0 Å². The number of carbonyl (C=O) groups excluding carboxylic acids is 1. The summed E-state index contributed by atoms with van der Waals surface area (Å²) >= 11 is -2.48. The van der Waals surface area contributed by atoms with Crippen LogP contribution in [-0.4, -0.2) is 37.1 Å². The summed E-state index contributed by atoms with van der Waals surface area (Å²) in [6, 6.07) is 0. The second-order valence-corrected chi connectivity index (χ2v) is 2.05. The number of carbonyl (C=O) groups is 1. The van der Waals surface area contributed by atoms with E-state index < -0.39 is 37.1 Å². The van der Waals surface area contributed by atoms with E-state index >= 15 is 0 Å². The molecule has 0 saturated carbocycles. The zero-order valence-corrected chi connectivity index (χ0v) is 12.4. The summed E-state index contributed by atoms with van der Waals surface area (Å²) < 4.78 is 22.3. The molecule has 6 nitrogen and oxygen atoms in total. The Labute approximate surface area is 120 Å². The SMILES string of the molecule is O=C([O-])[O-].[Na+].[Na+].[O]=[Al][O][Al]=[O]. The van der Waals surface area contributed by atoms with Crippen LogP contribution in [0.3, 0.4) is 0 Å². The molecule has 0 bridgehead atoms. The van der Waals surface area contributed by atoms with Crippen LogP contribution in [0.15, 0.2) is 0 Å². The Balaban J connectivity index is -0.0000000383. The molecular weight excluding hydrogens is 208 g/mol. The van der Waals surface area contributed by atoms with Crippen LogP contribution in [0.1, 0.15) is 0 Å². The first kappa shape index (κ1) is 23.0. The van der Waals surface area contributed by atoms with Gasteiger partial charge in [-0.05, 0) is 6.16 Å². The number of hydrogen-bond donors (Lipinski definition) is 0. The van der Waals surface area contributed by atoms with Gasteiger partial charge in [0.05, 0.1) is 0 Å². The van der Waals surface area contributed by atoms with Gasteiger partial charge in [0, 0.05) is 0 Å². The molecule has 0 saturated heterocycles. The van der Waals surface area contributed by atoms with Gasteiger partial charge in [-0.3, -0.25) is 0 Å². The van der Waals surface area contributed by atoms with Gasteiger partial charge < -0.3 is 15.0 Å². The first-order chi connectivity index (χ1) is 4.15. The molecule has 0 aliphatic heterocycles. The van der Waals surface area contributed by atoms with E-state index in [0.717, 1.165) is 0 Å². The molecule has 0 N–H and O–H groups in total. The quantitative estimate of drug-likeness (QED) is 0.417. The second kappa shape index (κ2) is 22.6. The maximum absolute atomic E-state index is 9.21. The van der Waals surface area contributed by atoms with E-state index in [1.807, 2.05) is 0 Å². The normalized spacial score (nSPS) is 4.00. The summed E-state index contributed by atoms with van der Waals surface area (Å²) in [7, 11) is 0. The van der Waals surface area contributed by atoms with Gasteiger partial charge in [0.2, 0.25) is 0 Å². The predicted octanol–water partition coefficient (Wildman–Crippen LogP) is -9.51. The number of hydrogen-bond acceptors (Lipinski definition) is 6. The van der Waals surface area contributed by atoms with Crippen LogP contribution < -0.4 is 69.3 Å². The van der Waals surface area contributed by atoms with Crippen molar-refractivity contribution in [2.24, 2.45) is 0 Å². The monoisotopic (exact) mass is 208 g/mol. The van der Waals surface area contributed by atoms with E-state index in [2.05, 4.69) is 2.84 Å². The molecule has 0 rings (SSSR count). The van der Waals surface area contributed by atoms with Crippen molar-refractivity contribution in [2.75, 3.05) is 0 Å². The third-order valence-electron chi connectivity index (χ3n) is 0.111. The fourth-order valence-corrected chi connectivity index (χ4v) is 0.204. The van der Waals surface area contributed by atoms with Crippen molar-refractivity contribution in [1.29, 1.82) is 0 Å². The van der Waals surface area contributed by atoms with Gasteiger partial charge in [0.25, 0.3) is 0 Å². The number of rotatable bonds is 2. The van der Waals surface area contributed by atoms with Gasteiger partial charge in [-0.1, -0.05) is 0 Å². The molecule has 0 fully saturated rings. The number of carboxylic acid groups (broad SMARTS) is 2. The van der Waals surface area contributed by atoms with Crippen LogP contribution in [0.4, 0.5) is 4.79 Å². The third-order valence-corrected chi connectivity index (χ3v) is 1.00. The Morgan fingerprint density at radius 3 is 1.27 bits per heavy atom. The van der Waals surface area contributed by atoms with E-state index in [4.69, 9.17) is 15.0 Å². The molecule has 10 heteroatoms. The Hall–Kier alpha value is 1.73. The minimum atomic E-state index is -2.33. The first-order valence-corrected chi connectivity index (χ1v) is 3.44. The Morgan fingerprint density at radius 2 is 1.27 bits per heavy atom. The molecule has 0 radical (unpaired) electrons. The first-order valence-electron chi connectivity index (χ1n) is 1.56. The van der Waals surface area contributed by atoms with Crippen LogP contribution in [0.2, 0.25) is 0 Å². The van der Waals surface area contributed by atoms with E-state index in [-0.39, 0.29) is 59.1 Å². The molecular formula is CAl2Na2O6. The summed E-state index contributed by atoms with van der Waals surface area (Å²) in [5.41, 5.74) is 0. The predicted molar refractivity (Wildman–Crippen MR) is 19.4 cm³/mol. The Bertz CT molecular complexity index is 96.8. The summed E-state index contributed by atoms with van der Waals surface area (Å²) in [6.45, 7) is 0. The third kappa shape index (κ3) is 79.7. The molecule has 0 aliphatic rings. The topological polar surface area (TPSA) is 107 Å². The van der Waals surface area contributed by atoms with Crippen molar-refractivity contribution in [3.8, 4) is 0 Å². The van der Waals surface area contributed by atoms with Crippen LogP contribution in [0.25, 0.3) is 0 Å². The molecule has 0 atom stereocenters. The van der Waals surface area contributed by atoms with Gasteiger partial charge in [0.15, 0.2) is 0 Å². The van der Waals surface area contributed by atoms with Crippen LogP contribution >= 0.6 is 0 Å². The average Bonchev–Trinajstić information content (AvgIpc) is 1.66. The van der Waals surface area contributed by atoms with E-state index in [0.29, 0.717) is 0 Å². The minimum absolute atomic E-state index is 0. The summed E-state index contributed by atoms with van der Waals surface area (Å²) in [5.74, 6) is 0. The van der Waals surface area contributed by atoms with Crippen molar-refractivity contribution in [3.63, 3.8) is 0 Å². The van der Waals surface area contributed by atoms with E-state index in [9.17, 15) is 7.61 Å². The maximum atomic E-state index is 9.21. The van der Waals surface area contributed by atoms with Gasteiger partial charge in [-0.15, -0.1) is 0 Å². The van der Waals surface area contributed by atoms with Gasteiger partial charge >= 0.3 is 101 Å². The summed E-state index contributed by atoms with van der Waals surface area (Å²) in [4.78, 5) is 8.33. The fourth-order valence-electron chi connectivity index (χ4n) is 0.0227. The van der Waals surface area contributed by atoms with Crippen molar-refractivity contribution >= 4 is 37.1 Å². The van der Waals surface area contributed by atoms with Crippen LogP contribution in [-0.2, 0) is 10.4 Å². The molecule has 0 aromatic rings. The molecule has 0 aromatic heterocycles. The Morgan fingerprint density at radius 1 is 1.09 bits per heavy atom. The molecule has 0 heterocycles. The van der Waals surface area contributed by atoms with E-state index in [1.54, 1.807) is 0 Å². The van der Waals surface area contributed by atoms with Crippen molar-refractivity contribution in [1.82, 2.24) is 0 Å². The molecule has 0 aliphatic carbocycles. The van der Waals surface area contributed by atoms with Crippen molar-refractivity contribution in [3.05, 3.63) is 0 Å². The zero-order valence-electron chi connectivity index (χ0n) is 6.10. The van der Waals surface area contributed by atoms with Crippen molar-refractivity contribution < 1.29 is 84.6 Å². The van der Waals surface area contributed by atoms with E-state index in [1.165, 1.54) is 0 Å². The summed E-state index contributed by atoms with van der Waals surface area (Å²) in [5, 5.41) is 16.7. The second-order valence-electron chi connectivity index (χ2n) is 0.579. The molecule has 0 spiro atoms. The molecule has 0 aromatic carbocycles. The fraction of sp³-hybridized carbons (Fsp3) is 0. The van der Waals surface area contributed by atoms with Crippen LogP contribution in [0.5, 0.6) is 0 Å². The molecule has 11 heavy (non-hydrogen) atoms. The Kier molecular flexibility index (Phi) is 47.2. The zero-order chi connectivity index (χ0) is 7.70. The van der Waals surface area contributed by atoms with Gasteiger partial charge in [-0.25, -0.2) is 0 Å². The average molecular weight is 208 g/mol. The standard InChI is InChI=1S/CH2O3.2Al.2Na.3O/c2-1(3)4;;;;;;;/h(H2,2,3,4);;;;;;;/q;;;2*+1;;;/p-2. The van der Waals surface area contributed by atoms with Crippen LogP contribution in [0, 0.1) is 0 Å². The molecule has 0 amide bonds.